The van der Waals surface area contributed by atoms with E-state index in [1.807, 2.05) is 18.0 Å². The van der Waals surface area contributed by atoms with Crippen molar-refractivity contribution in [3.63, 3.8) is 0 Å². The standard InChI is InChI=1S/C19H31N5O2/c1-13(2)16-8-17(22(5)20-16)19(26)24-10-14-6-7-15(24)11-23(9-14)12-18(25)21(3)4/h8,13-15H,6-7,9-12H2,1-5H3/t14-,15+/m1/s1. The third-order valence-corrected chi connectivity index (χ3v) is 5.62. The number of rotatable bonds is 4. The van der Waals surface area contributed by atoms with Crippen LogP contribution >= 0.6 is 0 Å². The van der Waals surface area contributed by atoms with E-state index in [-0.39, 0.29) is 17.9 Å². The zero-order valence-corrected chi connectivity index (χ0v) is 16.6. The number of aryl methyl sites for hydroxylation is 1. The van der Waals surface area contributed by atoms with Crippen LogP contribution in [-0.4, -0.2) is 82.6 Å². The first-order valence-corrected chi connectivity index (χ1v) is 9.53. The average molecular weight is 361 g/mol. The van der Waals surface area contributed by atoms with Crippen LogP contribution in [0.25, 0.3) is 0 Å². The Balaban J connectivity index is 1.76. The van der Waals surface area contributed by atoms with Gasteiger partial charge in [-0.25, -0.2) is 0 Å². The Kier molecular flexibility index (Phi) is 5.37. The van der Waals surface area contributed by atoms with Gasteiger partial charge in [0.05, 0.1) is 12.2 Å². The highest BCUT2D eigenvalue weighted by molar-refractivity contribution is 5.93. The minimum absolute atomic E-state index is 0.0717. The first kappa shape index (κ1) is 18.9. The number of fused-ring (bicyclic) bond motifs is 4. The first-order chi connectivity index (χ1) is 12.3. The number of hydrogen-bond acceptors (Lipinski definition) is 4. The lowest BCUT2D eigenvalue weighted by atomic mass is 9.94. The molecule has 0 N–H and O–H groups in total. The van der Waals surface area contributed by atoms with E-state index in [4.69, 9.17) is 0 Å². The van der Waals surface area contributed by atoms with Crippen molar-refractivity contribution in [3.8, 4) is 0 Å². The molecule has 3 aliphatic heterocycles. The molecule has 1 aromatic heterocycles. The van der Waals surface area contributed by atoms with Gasteiger partial charge in [-0.1, -0.05) is 13.8 Å². The lowest BCUT2D eigenvalue weighted by Crippen LogP contribution is -2.48. The van der Waals surface area contributed by atoms with Gasteiger partial charge in [-0.05, 0) is 30.7 Å². The second-order valence-electron chi connectivity index (χ2n) is 8.27. The molecule has 2 atom stereocenters. The molecule has 4 heterocycles. The van der Waals surface area contributed by atoms with Crippen molar-refractivity contribution >= 4 is 11.8 Å². The first-order valence-electron chi connectivity index (χ1n) is 9.53. The van der Waals surface area contributed by atoms with Gasteiger partial charge in [-0.15, -0.1) is 0 Å². The fourth-order valence-electron chi connectivity index (χ4n) is 4.01. The maximum absolute atomic E-state index is 13.2. The van der Waals surface area contributed by atoms with Gasteiger partial charge in [-0.3, -0.25) is 19.2 Å². The Morgan fingerprint density at radius 3 is 2.58 bits per heavy atom. The number of hydrogen-bond donors (Lipinski definition) is 0. The monoisotopic (exact) mass is 361 g/mol. The second kappa shape index (κ2) is 7.39. The Morgan fingerprint density at radius 1 is 1.23 bits per heavy atom. The third kappa shape index (κ3) is 3.77. The fraction of sp³-hybridized carbons (Fsp3) is 0.737. The molecule has 0 aromatic carbocycles. The summed E-state index contributed by atoms with van der Waals surface area (Å²) >= 11 is 0. The van der Waals surface area contributed by atoms with Crippen molar-refractivity contribution in [1.29, 1.82) is 0 Å². The van der Waals surface area contributed by atoms with Crippen LogP contribution in [0.5, 0.6) is 0 Å². The van der Waals surface area contributed by atoms with Crippen LogP contribution in [0.2, 0.25) is 0 Å². The maximum Gasteiger partial charge on any atom is 0.272 e. The van der Waals surface area contributed by atoms with Crippen LogP contribution in [0.4, 0.5) is 0 Å². The summed E-state index contributed by atoms with van der Waals surface area (Å²) in [4.78, 5) is 31.2. The second-order valence-corrected chi connectivity index (χ2v) is 8.27. The molecule has 3 aliphatic rings. The lowest BCUT2D eigenvalue weighted by Gasteiger charge is -2.36. The van der Waals surface area contributed by atoms with E-state index in [0.29, 0.717) is 24.1 Å². The highest BCUT2D eigenvalue weighted by atomic mass is 16.2. The van der Waals surface area contributed by atoms with E-state index >= 15 is 0 Å². The quantitative estimate of drug-likeness (QED) is 0.808. The summed E-state index contributed by atoms with van der Waals surface area (Å²) in [6, 6.07) is 2.10. The Morgan fingerprint density at radius 2 is 1.96 bits per heavy atom. The molecule has 7 nitrogen and oxygen atoms in total. The van der Waals surface area contributed by atoms with Gasteiger partial charge in [0.15, 0.2) is 0 Å². The molecule has 0 radical (unpaired) electrons. The van der Waals surface area contributed by atoms with Crippen molar-refractivity contribution in [1.82, 2.24) is 24.5 Å². The largest absolute Gasteiger partial charge is 0.348 e. The number of carbonyl (C=O) groups is 2. The topological polar surface area (TPSA) is 61.7 Å². The van der Waals surface area contributed by atoms with Gasteiger partial charge in [-0.2, -0.15) is 5.10 Å². The predicted octanol–water partition coefficient (Wildman–Crippen LogP) is 1.17. The van der Waals surface area contributed by atoms with E-state index in [0.717, 1.165) is 38.2 Å². The van der Waals surface area contributed by atoms with E-state index in [1.165, 1.54) is 0 Å². The number of nitrogens with zero attached hydrogens (tertiary/aromatic N) is 5. The molecular formula is C19H31N5O2. The zero-order chi connectivity index (χ0) is 19.0. The van der Waals surface area contributed by atoms with Gasteiger partial charge in [0.1, 0.15) is 5.69 Å². The molecule has 26 heavy (non-hydrogen) atoms. The van der Waals surface area contributed by atoms with Gasteiger partial charge >= 0.3 is 0 Å². The van der Waals surface area contributed by atoms with Crippen molar-refractivity contribution in [2.45, 2.75) is 38.6 Å². The molecule has 7 heteroatoms. The van der Waals surface area contributed by atoms with E-state index in [2.05, 4.69) is 23.8 Å². The fourth-order valence-corrected chi connectivity index (χ4v) is 4.01. The summed E-state index contributed by atoms with van der Waals surface area (Å²) in [6.45, 7) is 7.05. The van der Waals surface area contributed by atoms with Crippen LogP contribution in [0.3, 0.4) is 0 Å². The maximum atomic E-state index is 13.2. The molecule has 0 unspecified atom stereocenters. The number of amides is 2. The lowest BCUT2D eigenvalue weighted by molar-refractivity contribution is -0.129. The number of aromatic nitrogens is 2. The molecule has 1 aromatic rings. The molecular weight excluding hydrogens is 330 g/mol. The highest BCUT2D eigenvalue weighted by Gasteiger charge is 2.38. The van der Waals surface area contributed by atoms with Gasteiger partial charge < -0.3 is 9.80 Å². The minimum atomic E-state index is 0.0717. The molecule has 0 aliphatic carbocycles. The summed E-state index contributed by atoms with van der Waals surface area (Å²) < 4.78 is 1.71. The summed E-state index contributed by atoms with van der Waals surface area (Å²) in [5.74, 6) is 0.932. The van der Waals surface area contributed by atoms with Crippen LogP contribution in [0.15, 0.2) is 6.07 Å². The Labute approximate surface area is 155 Å². The molecule has 0 saturated carbocycles. The van der Waals surface area contributed by atoms with E-state index < -0.39 is 0 Å². The Hall–Kier alpha value is -1.89. The van der Waals surface area contributed by atoms with Crippen molar-refractivity contribution < 1.29 is 9.59 Å². The van der Waals surface area contributed by atoms with Crippen LogP contribution in [0, 0.1) is 5.92 Å². The third-order valence-electron chi connectivity index (χ3n) is 5.62. The molecule has 3 saturated heterocycles. The van der Waals surface area contributed by atoms with Crippen LogP contribution in [0.1, 0.15) is 48.8 Å². The summed E-state index contributed by atoms with van der Waals surface area (Å²) in [7, 11) is 5.43. The molecule has 3 fully saturated rings. The summed E-state index contributed by atoms with van der Waals surface area (Å²) in [5, 5.41) is 4.49. The van der Waals surface area contributed by atoms with Crippen molar-refractivity contribution in [2.75, 3.05) is 40.3 Å². The number of likely N-dealkylation sites (N-methyl/N-ethyl adjacent to an activating group) is 1. The summed E-state index contributed by atoms with van der Waals surface area (Å²) in [5.41, 5.74) is 1.62. The van der Waals surface area contributed by atoms with Crippen LogP contribution in [-0.2, 0) is 11.8 Å². The van der Waals surface area contributed by atoms with Crippen LogP contribution < -0.4 is 0 Å². The zero-order valence-electron chi connectivity index (χ0n) is 16.6. The molecule has 4 rings (SSSR count). The van der Waals surface area contributed by atoms with Crippen molar-refractivity contribution in [2.24, 2.45) is 13.0 Å². The normalized spacial score (nSPS) is 23.4. The number of piperidine rings is 1. The molecule has 2 bridgehead atoms. The van der Waals surface area contributed by atoms with Gasteiger partial charge in [0, 0.05) is 46.8 Å². The van der Waals surface area contributed by atoms with Gasteiger partial charge in [0.2, 0.25) is 5.91 Å². The van der Waals surface area contributed by atoms with E-state index in [1.54, 1.807) is 23.7 Å². The van der Waals surface area contributed by atoms with Gasteiger partial charge in [0.25, 0.3) is 5.91 Å². The predicted molar refractivity (Wildman–Crippen MR) is 100.0 cm³/mol. The average Bonchev–Trinajstić information content (AvgIpc) is 2.76. The smallest absolute Gasteiger partial charge is 0.272 e. The van der Waals surface area contributed by atoms with Crippen molar-refractivity contribution in [3.05, 3.63) is 17.5 Å². The minimum Gasteiger partial charge on any atom is -0.348 e. The molecule has 0 spiro atoms. The molecule has 2 amide bonds. The highest BCUT2D eigenvalue weighted by Crippen LogP contribution is 2.29. The summed E-state index contributed by atoms with van der Waals surface area (Å²) in [6.07, 6.45) is 2.14. The number of carbonyl (C=O) groups excluding carboxylic acids is 2. The Bertz CT molecular complexity index is 681. The van der Waals surface area contributed by atoms with E-state index in [9.17, 15) is 9.59 Å². The molecule has 144 valence electrons. The SMILES string of the molecule is CC(C)c1cc(C(=O)N2C[C@@H]3CC[C@H]2CN(CC(=O)N(C)C)C3)n(C)n1.